The lowest BCUT2D eigenvalue weighted by atomic mass is 9.86. The third-order valence-corrected chi connectivity index (χ3v) is 8.76. The zero-order chi connectivity index (χ0) is 28.1. The zero-order valence-electron chi connectivity index (χ0n) is 23.0. The highest BCUT2D eigenvalue weighted by molar-refractivity contribution is 5.76. The first-order valence-corrected chi connectivity index (χ1v) is 14.5. The first kappa shape index (κ1) is 28.8. The molecule has 218 valence electrons. The van der Waals surface area contributed by atoms with Crippen LogP contribution in [0.5, 0.6) is 0 Å². The Bertz CT molecular complexity index is 1100. The number of nitrogens with zero attached hydrogens (tertiary/aromatic N) is 5. The Balaban J connectivity index is 1.22. The Kier molecular flexibility index (Phi) is 9.27. The first-order chi connectivity index (χ1) is 19.3. The number of aromatic nitrogens is 1. The summed E-state index contributed by atoms with van der Waals surface area (Å²) in [6.07, 6.45) is 0.746. The molecule has 0 saturated carbocycles. The van der Waals surface area contributed by atoms with Crippen molar-refractivity contribution in [1.82, 2.24) is 19.7 Å². The van der Waals surface area contributed by atoms with E-state index in [1.165, 1.54) is 12.1 Å². The van der Waals surface area contributed by atoms with Gasteiger partial charge in [-0.2, -0.15) is 13.2 Å². The van der Waals surface area contributed by atoms with Crippen molar-refractivity contribution >= 4 is 11.6 Å². The van der Waals surface area contributed by atoms with Gasteiger partial charge in [-0.3, -0.25) is 19.6 Å². The second-order valence-electron chi connectivity index (χ2n) is 11.4. The number of halogens is 3. The first-order valence-electron chi connectivity index (χ1n) is 14.5. The van der Waals surface area contributed by atoms with E-state index >= 15 is 0 Å². The van der Waals surface area contributed by atoms with Gasteiger partial charge in [-0.1, -0.05) is 12.1 Å². The molecule has 2 aromatic rings. The Morgan fingerprint density at radius 3 is 2.42 bits per heavy atom. The number of benzene rings is 1. The third-order valence-electron chi connectivity index (χ3n) is 8.76. The SMILES string of the molecule is O=C(CC[C@H]1CN(Cc2ccccn2)CC[C@H]1N1CCN(c2cccc(C(F)(F)F)c2)CC1)N1CCC(O)CC1. The van der Waals surface area contributed by atoms with Crippen molar-refractivity contribution in [3.63, 3.8) is 0 Å². The number of hydrogen-bond acceptors (Lipinski definition) is 6. The minimum atomic E-state index is -4.35. The molecule has 3 aliphatic heterocycles. The smallest absolute Gasteiger partial charge is 0.393 e. The summed E-state index contributed by atoms with van der Waals surface area (Å²) >= 11 is 0. The average molecular weight is 560 g/mol. The van der Waals surface area contributed by atoms with Gasteiger partial charge in [-0.15, -0.1) is 0 Å². The molecule has 0 bridgehead atoms. The van der Waals surface area contributed by atoms with E-state index in [0.29, 0.717) is 63.1 Å². The predicted octanol–water partition coefficient (Wildman–Crippen LogP) is 3.88. The number of aliphatic hydroxyl groups is 1. The molecular formula is C30H40F3N5O2. The van der Waals surface area contributed by atoms with Crippen LogP contribution in [0.15, 0.2) is 48.7 Å². The number of piperidine rings is 2. The monoisotopic (exact) mass is 559 g/mol. The van der Waals surface area contributed by atoms with Crippen molar-refractivity contribution in [3.8, 4) is 0 Å². The molecule has 0 aliphatic carbocycles. The molecule has 0 spiro atoms. The van der Waals surface area contributed by atoms with Crippen LogP contribution in [0, 0.1) is 5.92 Å². The molecule has 7 nitrogen and oxygen atoms in total. The van der Waals surface area contributed by atoms with Gasteiger partial charge in [0.05, 0.1) is 17.4 Å². The van der Waals surface area contributed by atoms with E-state index in [9.17, 15) is 23.1 Å². The maximum Gasteiger partial charge on any atom is 0.416 e. The van der Waals surface area contributed by atoms with Gasteiger partial charge >= 0.3 is 6.18 Å². The molecule has 0 radical (unpaired) electrons. The minimum absolute atomic E-state index is 0.168. The fourth-order valence-electron chi connectivity index (χ4n) is 6.50. The molecule has 3 aliphatic rings. The van der Waals surface area contributed by atoms with E-state index in [0.717, 1.165) is 57.3 Å². The molecule has 0 unspecified atom stereocenters. The van der Waals surface area contributed by atoms with Gasteiger partial charge in [0.2, 0.25) is 5.91 Å². The van der Waals surface area contributed by atoms with E-state index in [-0.39, 0.29) is 12.0 Å². The summed E-state index contributed by atoms with van der Waals surface area (Å²) in [4.78, 5) is 26.4. The largest absolute Gasteiger partial charge is 0.416 e. The van der Waals surface area contributed by atoms with Crippen molar-refractivity contribution in [2.45, 2.75) is 57.0 Å². The highest BCUT2D eigenvalue weighted by atomic mass is 19.4. The Morgan fingerprint density at radius 2 is 1.73 bits per heavy atom. The van der Waals surface area contributed by atoms with Crippen LogP contribution in [0.25, 0.3) is 0 Å². The van der Waals surface area contributed by atoms with Gasteiger partial charge in [-0.05, 0) is 61.9 Å². The molecule has 40 heavy (non-hydrogen) atoms. The molecule has 4 heterocycles. The zero-order valence-corrected chi connectivity index (χ0v) is 23.0. The van der Waals surface area contributed by atoms with Gasteiger partial charge in [0.25, 0.3) is 0 Å². The maximum absolute atomic E-state index is 13.2. The molecule has 3 fully saturated rings. The highest BCUT2D eigenvalue weighted by Gasteiger charge is 2.36. The lowest BCUT2D eigenvalue weighted by Gasteiger charge is -2.47. The summed E-state index contributed by atoms with van der Waals surface area (Å²) in [6, 6.07) is 11.9. The number of anilines is 1. The number of pyridine rings is 1. The van der Waals surface area contributed by atoms with Crippen LogP contribution in [-0.4, -0.2) is 95.2 Å². The molecule has 1 amide bonds. The fraction of sp³-hybridized carbons (Fsp3) is 0.600. The van der Waals surface area contributed by atoms with Crippen LogP contribution in [0.1, 0.15) is 43.4 Å². The van der Waals surface area contributed by atoms with Crippen LogP contribution >= 0.6 is 0 Å². The summed E-state index contributed by atoms with van der Waals surface area (Å²) in [6.45, 7) is 6.80. The molecular weight excluding hydrogens is 519 g/mol. The quantitative estimate of drug-likeness (QED) is 0.556. The summed E-state index contributed by atoms with van der Waals surface area (Å²) in [5, 5.41) is 9.80. The average Bonchev–Trinajstić information content (AvgIpc) is 2.97. The standard InChI is InChI=1S/C30H40F3N5O2/c31-30(32,33)24-4-3-6-26(20-24)36-16-18-37(19-17-36)28-11-13-35(22-25-5-1-2-12-34-25)21-23(28)7-8-29(40)38-14-9-27(39)10-15-38/h1-6,12,20,23,27-28,39H,7-11,13-19,21-22H2/t23-,28+/m0/s1. The lowest BCUT2D eigenvalue weighted by Crippen LogP contribution is -2.56. The van der Waals surface area contributed by atoms with Crippen LogP contribution in [0.4, 0.5) is 18.9 Å². The van der Waals surface area contributed by atoms with Crippen LogP contribution < -0.4 is 4.90 Å². The number of alkyl halides is 3. The summed E-state index contributed by atoms with van der Waals surface area (Å²) in [7, 11) is 0. The number of piperazine rings is 1. The Labute approximate surface area is 234 Å². The van der Waals surface area contributed by atoms with Gasteiger partial charge in [-0.25, -0.2) is 0 Å². The molecule has 1 N–H and O–H groups in total. The number of carbonyl (C=O) groups excluding carboxylic acids is 1. The normalized spacial score (nSPS) is 23.9. The van der Waals surface area contributed by atoms with Crippen LogP contribution in [0.2, 0.25) is 0 Å². The summed E-state index contributed by atoms with van der Waals surface area (Å²) < 4.78 is 39.7. The van der Waals surface area contributed by atoms with Gasteiger partial charge in [0.1, 0.15) is 0 Å². The predicted molar refractivity (Wildman–Crippen MR) is 148 cm³/mol. The van der Waals surface area contributed by atoms with Crippen LogP contribution in [-0.2, 0) is 17.5 Å². The topological polar surface area (TPSA) is 63.2 Å². The highest BCUT2D eigenvalue weighted by Crippen LogP contribution is 2.33. The van der Waals surface area contributed by atoms with E-state index < -0.39 is 11.7 Å². The van der Waals surface area contributed by atoms with Crippen LogP contribution in [0.3, 0.4) is 0 Å². The van der Waals surface area contributed by atoms with Gasteiger partial charge in [0.15, 0.2) is 0 Å². The Morgan fingerprint density at radius 1 is 0.950 bits per heavy atom. The summed E-state index contributed by atoms with van der Waals surface area (Å²) in [5.41, 5.74) is 1.05. The minimum Gasteiger partial charge on any atom is -0.393 e. The van der Waals surface area contributed by atoms with Crippen molar-refractivity contribution in [2.24, 2.45) is 5.92 Å². The molecule has 1 aromatic heterocycles. The number of carbonyl (C=O) groups is 1. The second kappa shape index (κ2) is 12.9. The number of rotatable bonds is 7. The fourth-order valence-corrected chi connectivity index (χ4v) is 6.50. The Hall–Kier alpha value is -2.69. The van der Waals surface area contributed by atoms with E-state index in [4.69, 9.17) is 0 Å². The van der Waals surface area contributed by atoms with Gasteiger partial charge < -0.3 is 14.9 Å². The van der Waals surface area contributed by atoms with Crippen molar-refractivity contribution in [3.05, 3.63) is 59.9 Å². The van der Waals surface area contributed by atoms with Gasteiger partial charge in [0, 0.05) is 83.2 Å². The number of amides is 1. The third kappa shape index (κ3) is 7.33. The second-order valence-corrected chi connectivity index (χ2v) is 11.4. The molecule has 3 saturated heterocycles. The molecule has 2 atom stereocenters. The van der Waals surface area contributed by atoms with E-state index in [1.54, 1.807) is 6.07 Å². The maximum atomic E-state index is 13.2. The lowest BCUT2D eigenvalue weighted by molar-refractivity contribution is -0.137. The number of likely N-dealkylation sites (tertiary alicyclic amines) is 2. The van der Waals surface area contributed by atoms with E-state index in [1.807, 2.05) is 34.2 Å². The number of aliphatic hydroxyl groups excluding tert-OH is 1. The van der Waals surface area contributed by atoms with Crippen molar-refractivity contribution in [1.29, 1.82) is 0 Å². The molecule has 1 aromatic carbocycles. The van der Waals surface area contributed by atoms with Crippen molar-refractivity contribution in [2.75, 3.05) is 57.3 Å². The molecule has 5 rings (SSSR count). The molecule has 10 heteroatoms. The van der Waals surface area contributed by atoms with Crippen molar-refractivity contribution < 1.29 is 23.1 Å². The van der Waals surface area contributed by atoms with E-state index in [2.05, 4.69) is 14.8 Å². The summed E-state index contributed by atoms with van der Waals surface area (Å²) in [5.74, 6) is 0.485. The number of hydrogen-bond donors (Lipinski definition) is 1.